The van der Waals surface area contributed by atoms with E-state index in [2.05, 4.69) is 6.92 Å². The van der Waals surface area contributed by atoms with Gasteiger partial charge in [0, 0.05) is 0 Å². The third-order valence-corrected chi connectivity index (χ3v) is 2.07. The Kier molecular flexibility index (Phi) is 3.18. The molecule has 2 heteroatoms. The summed E-state index contributed by atoms with van der Waals surface area (Å²) in [5.74, 6) is 0.800. The van der Waals surface area contributed by atoms with Crippen molar-refractivity contribution in [1.82, 2.24) is 0 Å². The van der Waals surface area contributed by atoms with Crippen molar-refractivity contribution in [2.24, 2.45) is 0 Å². The van der Waals surface area contributed by atoms with Crippen molar-refractivity contribution in [3.63, 3.8) is 0 Å². The lowest BCUT2D eigenvalue weighted by atomic mass is 10.2. The molecule has 0 aliphatic heterocycles. The molecule has 0 aliphatic rings. The number of rotatable bonds is 3. The molecule has 2 nitrogen and oxygen atoms in total. The first-order valence-corrected chi connectivity index (χ1v) is 4.66. The lowest BCUT2D eigenvalue weighted by Crippen LogP contribution is -2.11. The van der Waals surface area contributed by atoms with E-state index < -0.39 is 0 Å². The van der Waals surface area contributed by atoms with E-state index >= 15 is 0 Å². The molecule has 72 valence electrons. The number of aryl methyl sites for hydroxylation is 1. The summed E-state index contributed by atoms with van der Waals surface area (Å²) < 4.78 is 5.65. The first-order chi connectivity index (χ1) is 6.13. The first kappa shape index (κ1) is 9.90. The van der Waals surface area contributed by atoms with Crippen LogP contribution < -0.4 is 10.5 Å². The first-order valence-electron chi connectivity index (χ1n) is 4.66. The second-order valence-electron chi connectivity index (χ2n) is 3.38. The molecule has 0 radical (unpaired) electrons. The summed E-state index contributed by atoms with van der Waals surface area (Å²) in [6.07, 6.45) is 1.22. The predicted octanol–water partition coefficient (Wildman–Crippen LogP) is 2.75. The van der Waals surface area contributed by atoms with Crippen LogP contribution in [0.15, 0.2) is 18.2 Å². The van der Waals surface area contributed by atoms with E-state index in [9.17, 15) is 0 Å². The predicted molar refractivity (Wildman–Crippen MR) is 56.0 cm³/mol. The van der Waals surface area contributed by atoms with Crippen LogP contribution in [0.2, 0.25) is 0 Å². The molecule has 1 aromatic rings. The van der Waals surface area contributed by atoms with Gasteiger partial charge in [0.25, 0.3) is 0 Å². The summed E-state index contributed by atoms with van der Waals surface area (Å²) in [6, 6.07) is 5.84. The topological polar surface area (TPSA) is 35.2 Å². The number of hydrogen-bond acceptors (Lipinski definition) is 2. The average molecular weight is 179 g/mol. The molecule has 0 saturated heterocycles. The Labute approximate surface area is 79.7 Å². The Hall–Kier alpha value is -1.18. The molecule has 1 atom stereocenters. The van der Waals surface area contributed by atoms with Crippen LogP contribution in [0.25, 0.3) is 0 Å². The molecule has 0 aliphatic carbocycles. The Morgan fingerprint density at radius 2 is 2.15 bits per heavy atom. The third kappa shape index (κ3) is 2.65. The zero-order valence-corrected chi connectivity index (χ0v) is 8.50. The summed E-state index contributed by atoms with van der Waals surface area (Å²) >= 11 is 0. The van der Waals surface area contributed by atoms with E-state index in [-0.39, 0.29) is 6.10 Å². The minimum Gasteiger partial charge on any atom is -0.489 e. The zero-order valence-electron chi connectivity index (χ0n) is 8.50. The molecule has 0 saturated carbocycles. The van der Waals surface area contributed by atoms with Crippen LogP contribution in [0.1, 0.15) is 25.8 Å². The van der Waals surface area contributed by atoms with Crippen LogP contribution in [0.5, 0.6) is 5.75 Å². The lowest BCUT2D eigenvalue weighted by Gasteiger charge is -2.14. The Bertz CT molecular complexity index is 283. The van der Waals surface area contributed by atoms with E-state index in [1.165, 1.54) is 5.56 Å². The molecular weight excluding hydrogens is 162 g/mol. The van der Waals surface area contributed by atoms with Crippen LogP contribution in [0.3, 0.4) is 0 Å². The van der Waals surface area contributed by atoms with Gasteiger partial charge in [0.05, 0.1) is 11.8 Å². The highest BCUT2D eigenvalue weighted by Crippen LogP contribution is 2.23. The van der Waals surface area contributed by atoms with Gasteiger partial charge in [-0.05, 0) is 38.0 Å². The van der Waals surface area contributed by atoms with Crippen molar-refractivity contribution >= 4 is 5.69 Å². The van der Waals surface area contributed by atoms with Gasteiger partial charge in [0.15, 0.2) is 0 Å². The SMILES string of the molecule is CCC(C)Oc1cc(C)ccc1N. The zero-order chi connectivity index (χ0) is 9.84. The van der Waals surface area contributed by atoms with Crippen LogP contribution in [0.4, 0.5) is 5.69 Å². The molecule has 0 amide bonds. The lowest BCUT2D eigenvalue weighted by molar-refractivity contribution is 0.218. The molecule has 0 fully saturated rings. The second-order valence-corrected chi connectivity index (χ2v) is 3.38. The average Bonchev–Trinajstić information content (AvgIpc) is 2.11. The highest BCUT2D eigenvalue weighted by Gasteiger charge is 2.04. The van der Waals surface area contributed by atoms with Gasteiger partial charge < -0.3 is 10.5 Å². The van der Waals surface area contributed by atoms with Crippen molar-refractivity contribution in [3.8, 4) is 5.75 Å². The van der Waals surface area contributed by atoms with Crippen LogP contribution in [-0.2, 0) is 0 Å². The monoisotopic (exact) mass is 179 g/mol. The molecule has 1 unspecified atom stereocenters. The fraction of sp³-hybridized carbons (Fsp3) is 0.455. The third-order valence-electron chi connectivity index (χ3n) is 2.07. The molecular formula is C11H17NO. The molecule has 2 N–H and O–H groups in total. The van der Waals surface area contributed by atoms with E-state index in [1.807, 2.05) is 32.0 Å². The summed E-state index contributed by atoms with van der Waals surface area (Å²) in [6.45, 7) is 6.17. The molecule has 0 aromatic heterocycles. The standard InChI is InChI=1S/C11H17NO/c1-4-9(3)13-11-7-8(2)5-6-10(11)12/h5-7,9H,4,12H2,1-3H3. The molecule has 0 bridgehead atoms. The molecule has 0 spiro atoms. The quantitative estimate of drug-likeness (QED) is 0.724. The van der Waals surface area contributed by atoms with Gasteiger partial charge in [-0.25, -0.2) is 0 Å². The van der Waals surface area contributed by atoms with Crippen molar-refractivity contribution in [3.05, 3.63) is 23.8 Å². The van der Waals surface area contributed by atoms with Gasteiger partial charge >= 0.3 is 0 Å². The number of benzene rings is 1. The number of ether oxygens (including phenoxy) is 1. The summed E-state index contributed by atoms with van der Waals surface area (Å²) in [7, 11) is 0. The fourth-order valence-corrected chi connectivity index (χ4v) is 1.04. The van der Waals surface area contributed by atoms with E-state index in [0.29, 0.717) is 5.69 Å². The maximum atomic E-state index is 5.77. The smallest absolute Gasteiger partial charge is 0.142 e. The summed E-state index contributed by atoms with van der Waals surface area (Å²) in [5, 5.41) is 0. The van der Waals surface area contributed by atoms with Crippen molar-refractivity contribution in [1.29, 1.82) is 0 Å². The van der Waals surface area contributed by atoms with Gasteiger partial charge in [0.1, 0.15) is 5.75 Å². The number of nitrogens with two attached hydrogens (primary N) is 1. The number of anilines is 1. The largest absolute Gasteiger partial charge is 0.489 e. The number of hydrogen-bond donors (Lipinski definition) is 1. The highest BCUT2D eigenvalue weighted by atomic mass is 16.5. The molecule has 13 heavy (non-hydrogen) atoms. The van der Waals surface area contributed by atoms with Gasteiger partial charge in [-0.1, -0.05) is 13.0 Å². The second kappa shape index (κ2) is 4.17. The van der Waals surface area contributed by atoms with E-state index in [1.54, 1.807) is 0 Å². The normalized spacial score (nSPS) is 12.5. The Morgan fingerprint density at radius 1 is 1.46 bits per heavy atom. The molecule has 1 aromatic carbocycles. The van der Waals surface area contributed by atoms with Crippen molar-refractivity contribution < 1.29 is 4.74 Å². The van der Waals surface area contributed by atoms with Crippen LogP contribution >= 0.6 is 0 Å². The van der Waals surface area contributed by atoms with Gasteiger partial charge in [-0.15, -0.1) is 0 Å². The van der Waals surface area contributed by atoms with Crippen LogP contribution in [0, 0.1) is 6.92 Å². The maximum Gasteiger partial charge on any atom is 0.142 e. The van der Waals surface area contributed by atoms with E-state index in [0.717, 1.165) is 12.2 Å². The highest BCUT2D eigenvalue weighted by molar-refractivity contribution is 5.53. The molecule has 1 rings (SSSR count). The minimum atomic E-state index is 0.226. The van der Waals surface area contributed by atoms with Gasteiger partial charge in [-0.2, -0.15) is 0 Å². The number of nitrogen functional groups attached to an aromatic ring is 1. The van der Waals surface area contributed by atoms with Gasteiger partial charge in [0.2, 0.25) is 0 Å². The minimum absolute atomic E-state index is 0.226. The van der Waals surface area contributed by atoms with Crippen LogP contribution in [-0.4, -0.2) is 6.10 Å². The van der Waals surface area contributed by atoms with Gasteiger partial charge in [-0.3, -0.25) is 0 Å². The van der Waals surface area contributed by atoms with Crippen molar-refractivity contribution in [2.75, 3.05) is 5.73 Å². The summed E-state index contributed by atoms with van der Waals surface area (Å²) in [4.78, 5) is 0. The summed E-state index contributed by atoms with van der Waals surface area (Å²) in [5.41, 5.74) is 7.65. The Balaban J connectivity index is 2.81. The maximum absolute atomic E-state index is 5.77. The Morgan fingerprint density at radius 3 is 2.77 bits per heavy atom. The fourth-order valence-electron chi connectivity index (χ4n) is 1.04. The van der Waals surface area contributed by atoms with E-state index in [4.69, 9.17) is 10.5 Å². The molecule has 0 heterocycles. The van der Waals surface area contributed by atoms with Crippen molar-refractivity contribution in [2.45, 2.75) is 33.3 Å².